The van der Waals surface area contributed by atoms with Crippen molar-refractivity contribution in [2.45, 2.75) is 26.2 Å². The second-order valence-electron chi connectivity index (χ2n) is 5.36. The van der Waals surface area contributed by atoms with Crippen molar-refractivity contribution >= 4 is 49.7 Å². The maximum atomic E-state index is 12.6. The van der Waals surface area contributed by atoms with Crippen LogP contribution >= 0.6 is 39.5 Å². The van der Waals surface area contributed by atoms with Gasteiger partial charge in [-0.3, -0.25) is 19.7 Å². The molecule has 0 aliphatic carbocycles. The van der Waals surface area contributed by atoms with E-state index in [9.17, 15) is 19.7 Å². The number of carbonyl (C=O) groups excluding carboxylic acids is 2. The zero-order valence-corrected chi connectivity index (χ0v) is 17.0. The number of rotatable bonds is 8. The van der Waals surface area contributed by atoms with Crippen molar-refractivity contribution in [2.24, 2.45) is 5.92 Å². The van der Waals surface area contributed by atoms with Crippen molar-refractivity contribution in [3.63, 3.8) is 0 Å². The summed E-state index contributed by atoms with van der Waals surface area (Å²) in [6.45, 7) is 4.78. The van der Waals surface area contributed by atoms with Crippen LogP contribution in [-0.2, 0) is 15.0 Å². The smallest absolute Gasteiger partial charge is 0.214 e. The summed E-state index contributed by atoms with van der Waals surface area (Å²) in [6.07, 6.45) is 0. The highest BCUT2D eigenvalue weighted by molar-refractivity contribution is 9.10. The molecule has 1 atom stereocenters. The van der Waals surface area contributed by atoms with E-state index in [0.717, 1.165) is 28.0 Å². The summed E-state index contributed by atoms with van der Waals surface area (Å²) < 4.78 is 0.750. The van der Waals surface area contributed by atoms with Crippen molar-refractivity contribution < 1.29 is 14.5 Å². The topological polar surface area (TPSA) is 77.3 Å². The van der Waals surface area contributed by atoms with Crippen LogP contribution in [0.5, 0.6) is 0 Å². The van der Waals surface area contributed by atoms with E-state index in [1.54, 1.807) is 31.2 Å². The highest BCUT2D eigenvalue weighted by Crippen LogP contribution is 2.39. The van der Waals surface area contributed by atoms with Gasteiger partial charge in [0.1, 0.15) is 5.92 Å². The molecule has 0 saturated heterocycles. The summed E-state index contributed by atoms with van der Waals surface area (Å²) in [5.41, 5.74) is -0.597. The first-order valence-corrected chi connectivity index (χ1v) is 10.2. The zero-order chi connectivity index (χ0) is 18.3. The Bertz CT molecular complexity index is 608. The van der Waals surface area contributed by atoms with Crippen LogP contribution in [0, 0.1) is 16.0 Å². The van der Waals surface area contributed by atoms with Crippen LogP contribution in [0.1, 0.15) is 26.3 Å². The first kappa shape index (κ1) is 21.2. The van der Waals surface area contributed by atoms with Gasteiger partial charge in [-0.1, -0.05) is 65.4 Å². The predicted octanol–water partition coefficient (Wildman–Crippen LogP) is 4.16. The van der Waals surface area contributed by atoms with Gasteiger partial charge in [-0.2, -0.15) is 0 Å². The minimum absolute atomic E-state index is 0.312. The molecule has 24 heavy (non-hydrogen) atoms. The predicted molar refractivity (Wildman–Crippen MR) is 103 cm³/mol. The summed E-state index contributed by atoms with van der Waals surface area (Å²) in [5.74, 6) is -0.0223. The Hall–Kier alpha value is -0.860. The number of hydrogen-bond acceptors (Lipinski definition) is 6. The molecule has 0 aliphatic rings. The molecule has 1 rings (SSSR count). The largest absolute Gasteiger partial charge is 0.286 e. The van der Waals surface area contributed by atoms with E-state index in [-0.39, 0.29) is 10.2 Å². The van der Waals surface area contributed by atoms with Gasteiger partial charge in [-0.05, 0) is 36.1 Å². The Balaban J connectivity index is 3.47. The molecule has 0 heterocycles. The normalized spacial score (nSPS) is 13.5. The summed E-state index contributed by atoms with van der Waals surface area (Å²) in [5, 5.41) is 10.7. The molecule has 0 aromatic heterocycles. The number of nitrogens with zero attached hydrogens (tertiary/aromatic N) is 1. The monoisotopic (exact) mass is 433 g/mol. The molecule has 0 spiro atoms. The molecule has 1 aromatic rings. The Morgan fingerprint density at radius 1 is 1.25 bits per heavy atom. The minimum atomic E-state index is -1.20. The maximum absolute atomic E-state index is 12.6. The number of thioether (sulfide) groups is 2. The summed E-state index contributed by atoms with van der Waals surface area (Å²) >= 11 is 5.43. The lowest BCUT2D eigenvalue weighted by Gasteiger charge is -2.32. The molecule has 8 heteroatoms. The Morgan fingerprint density at radius 2 is 1.79 bits per heavy atom. The molecule has 132 valence electrons. The SMILES string of the molecule is CCSC(=O)C(C(=O)SCC)[C@](C)(C[N+](=O)[O-])c1cccc(Br)c1. The van der Waals surface area contributed by atoms with E-state index in [2.05, 4.69) is 15.9 Å². The molecule has 0 radical (unpaired) electrons. The zero-order valence-electron chi connectivity index (χ0n) is 13.8. The molecule has 0 fully saturated rings. The molecule has 0 saturated carbocycles. The van der Waals surface area contributed by atoms with Crippen LogP contribution in [0.4, 0.5) is 0 Å². The lowest BCUT2D eigenvalue weighted by Crippen LogP contribution is -2.45. The van der Waals surface area contributed by atoms with E-state index >= 15 is 0 Å². The van der Waals surface area contributed by atoms with Gasteiger partial charge in [-0.15, -0.1) is 0 Å². The maximum Gasteiger partial charge on any atom is 0.214 e. The molecule has 0 bridgehead atoms. The minimum Gasteiger partial charge on any atom is -0.286 e. The van der Waals surface area contributed by atoms with Gasteiger partial charge < -0.3 is 0 Å². The number of carbonyl (C=O) groups is 2. The number of nitro groups is 1. The van der Waals surface area contributed by atoms with E-state index in [4.69, 9.17) is 0 Å². The third-order valence-electron chi connectivity index (χ3n) is 3.62. The molecule has 1 aromatic carbocycles. The molecule has 0 unspecified atom stereocenters. The molecule has 0 amide bonds. The fraction of sp³-hybridized carbons (Fsp3) is 0.500. The number of benzene rings is 1. The third kappa shape index (κ3) is 5.32. The van der Waals surface area contributed by atoms with Gasteiger partial charge in [0, 0.05) is 9.40 Å². The lowest BCUT2D eigenvalue weighted by atomic mass is 9.72. The Morgan fingerprint density at radius 3 is 2.21 bits per heavy atom. The first-order valence-electron chi connectivity index (χ1n) is 7.47. The van der Waals surface area contributed by atoms with Gasteiger partial charge >= 0.3 is 0 Å². The second kappa shape index (κ2) is 9.58. The summed E-state index contributed by atoms with van der Waals surface area (Å²) in [6, 6.07) is 7.03. The lowest BCUT2D eigenvalue weighted by molar-refractivity contribution is -0.491. The van der Waals surface area contributed by atoms with Gasteiger partial charge in [0.15, 0.2) is 0 Å². The molecule has 0 N–H and O–H groups in total. The average molecular weight is 434 g/mol. The molecular weight excluding hydrogens is 414 g/mol. The number of hydrogen-bond donors (Lipinski definition) is 0. The van der Waals surface area contributed by atoms with E-state index in [0.29, 0.717) is 17.1 Å². The van der Waals surface area contributed by atoms with E-state index in [1.165, 1.54) is 0 Å². The Labute approximate surface area is 158 Å². The average Bonchev–Trinajstić information content (AvgIpc) is 2.47. The van der Waals surface area contributed by atoms with Crippen molar-refractivity contribution in [1.29, 1.82) is 0 Å². The highest BCUT2D eigenvalue weighted by atomic mass is 79.9. The standard InChI is InChI=1S/C16H20BrNO4S2/c1-4-23-14(19)13(15(20)24-5-2)16(3,10-18(21)22)11-7-6-8-12(17)9-11/h6-9,13H,4-5,10H2,1-3H3/t16-/m1/s1. The van der Waals surface area contributed by atoms with Crippen molar-refractivity contribution in [1.82, 2.24) is 0 Å². The third-order valence-corrected chi connectivity index (χ3v) is 5.73. The first-order chi connectivity index (χ1) is 11.3. The van der Waals surface area contributed by atoms with Gasteiger partial charge in [0.25, 0.3) is 0 Å². The number of halogens is 1. The van der Waals surface area contributed by atoms with E-state index < -0.39 is 22.8 Å². The highest BCUT2D eigenvalue weighted by Gasteiger charge is 2.48. The van der Waals surface area contributed by atoms with E-state index in [1.807, 2.05) is 13.8 Å². The molecular formula is C16H20BrNO4S2. The summed E-state index contributed by atoms with van der Waals surface area (Å²) in [7, 11) is 0. The van der Waals surface area contributed by atoms with Crippen LogP contribution in [0.15, 0.2) is 28.7 Å². The van der Waals surface area contributed by atoms with Gasteiger partial charge in [0.05, 0.1) is 5.41 Å². The van der Waals surface area contributed by atoms with Crippen molar-refractivity contribution in [2.75, 3.05) is 18.1 Å². The second-order valence-corrected chi connectivity index (χ2v) is 8.81. The van der Waals surface area contributed by atoms with Crippen molar-refractivity contribution in [3.05, 3.63) is 44.4 Å². The van der Waals surface area contributed by atoms with Crippen molar-refractivity contribution in [3.8, 4) is 0 Å². The van der Waals surface area contributed by atoms with Gasteiger partial charge in [-0.25, -0.2) is 0 Å². The van der Waals surface area contributed by atoms with Crippen LogP contribution < -0.4 is 0 Å². The van der Waals surface area contributed by atoms with Crippen LogP contribution in [0.25, 0.3) is 0 Å². The molecule has 5 nitrogen and oxygen atoms in total. The van der Waals surface area contributed by atoms with Crippen LogP contribution in [0.2, 0.25) is 0 Å². The molecule has 0 aliphatic heterocycles. The summed E-state index contributed by atoms with van der Waals surface area (Å²) in [4.78, 5) is 36.1. The Kier molecular flexibility index (Phi) is 8.45. The van der Waals surface area contributed by atoms with Gasteiger partial charge in [0.2, 0.25) is 16.8 Å². The fourth-order valence-corrected chi connectivity index (χ4v) is 4.64. The quantitative estimate of drug-likeness (QED) is 0.347. The fourth-order valence-electron chi connectivity index (χ4n) is 2.53. The van der Waals surface area contributed by atoms with Crippen LogP contribution in [-0.4, -0.2) is 33.2 Å². The van der Waals surface area contributed by atoms with Crippen LogP contribution in [0.3, 0.4) is 0 Å².